The van der Waals surface area contributed by atoms with Crippen molar-refractivity contribution in [3.05, 3.63) is 0 Å². The van der Waals surface area contributed by atoms with Gasteiger partial charge in [-0.2, -0.15) is 13.2 Å². The van der Waals surface area contributed by atoms with Crippen LogP contribution in [0, 0.1) is 0 Å². The van der Waals surface area contributed by atoms with Crippen molar-refractivity contribution in [3.63, 3.8) is 0 Å². The number of alkyl carbamates (subject to hydrolysis) is 2. The number of hydrogen-bond donors (Lipinski definition) is 11. The highest BCUT2D eigenvalue weighted by Gasteiger charge is 2.54. The molecule has 3 amide bonds. The zero-order chi connectivity index (χ0) is 40.4. The van der Waals surface area contributed by atoms with Crippen LogP contribution >= 0.6 is 0 Å². The summed E-state index contributed by atoms with van der Waals surface area (Å²) in [7, 11) is 0. The molecule has 1 aliphatic carbocycles. The second-order valence-electron chi connectivity index (χ2n) is 14.9. The van der Waals surface area contributed by atoms with Gasteiger partial charge in [-0.25, -0.2) is 9.59 Å². The topological polar surface area (TPSA) is 310 Å². The van der Waals surface area contributed by atoms with Gasteiger partial charge in [-0.05, 0) is 48.0 Å². The van der Waals surface area contributed by atoms with E-state index in [1.165, 1.54) is 5.32 Å². The van der Waals surface area contributed by atoms with Crippen molar-refractivity contribution in [2.24, 2.45) is 5.73 Å². The maximum Gasteiger partial charge on any atom is 0.471 e. The zero-order valence-corrected chi connectivity index (χ0v) is 29.8. The van der Waals surface area contributed by atoms with E-state index in [0.717, 1.165) is 0 Å². The zero-order valence-electron chi connectivity index (χ0n) is 29.8. The summed E-state index contributed by atoms with van der Waals surface area (Å²) in [6, 6.07) is -4.68. The van der Waals surface area contributed by atoms with Gasteiger partial charge >= 0.3 is 24.3 Å². The molecule has 0 aromatic heterocycles. The molecule has 1 saturated carbocycles. The lowest BCUT2D eigenvalue weighted by Crippen LogP contribution is -2.70. The molecule has 0 aromatic carbocycles. The molecule has 0 bridgehead atoms. The number of rotatable bonds is 9. The third-order valence-electron chi connectivity index (χ3n) is 8.26. The molecule has 2 aliphatic heterocycles. The highest BCUT2D eigenvalue weighted by molar-refractivity contribution is 5.82. The predicted molar refractivity (Wildman–Crippen MR) is 168 cm³/mol. The third-order valence-corrected chi connectivity index (χ3v) is 8.26. The normalized spacial score (nSPS) is 38.4. The fourth-order valence-corrected chi connectivity index (χ4v) is 5.81. The van der Waals surface area contributed by atoms with Gasteiger partial charge in [0.15, 0.2) is 12.6 Å². The Hall–Kier alpha value is -2.68. The average Bonchev–Trinajstić information content (AvgIpc) is 3.01. The number of amides is 3. The molecule has 15 atom stereocenters. The average molecular weight is 781 g/mol. The van der Waals surface area contributed by atoms with Crippen LogP contribution in [0.5, 0.6) is 0 Å². The van der Waals surface area contributed by atoms with Gasteiger partial charge < -0.3 is 85.9 Å². The first-order valence-corrected chi connectivity index (χ1v) is 16.6. The van der Waals surface area contributed by atoms with E-state index in [1.807, 2.05) is 0 Å². The first-order chi connectivity index (χ1) is 24.2. The summed E-state index contributed by atoms with van der Waals surface area (Å²) in [5.74, 6) is -2.53. The Morgan fingerprint density at radius 2 is 1.25 bits per heavy atom. The number of nitrogens with one attached hydrogen (secondary N) is 3. The Kier molecular flexibility index (Phi) is 14.7. The van der Waals surface area contributed by atoms with E-state index in [4.69, 9.17) is 34.2 Å². The van der Waals surface area contributed by atoms with Crippen LogP contribution in [0.15, 0.2) is 0 Å². The third kappa shape index (κ3) is 11.9. The molecule has 3 aliphatic rings. The lowest BCUT2D eigenvalue weighted by molar-refractivity contribution is -0.333. The largest absolute Gasteiger partial charge is 0.471 e. The molecule has 2 heterocycles. The van der Waals surface area contributed by atoms with Gasteiger partial charge in [0.25, 0.3) is 0 Å². The Balaban J connectivity index is 1.89. The summed E-state index contributed by atoms with van der Waals surface area (Å²) in [5.41, 5.74) is 4.41. The molecule has 0 aromatic rings. The number of ether oxygens (including phenoxy) is 6. The fraction of sp³-hybridized carbons (Fsp3) is 0.900. The quantitative estimate of drug-likeness (QED) is 0.108. The Bertz CT molecular complexity index is 1260. The summed E-state index contributed by atoms with van der Waals surface area (Å²) in [6.45, 7) is 8.00. The van der Waals surface area contributed by atoms with Crippen molar-refractivity contribution in [2.45, 2.75) is 157 Å². The second kappa shape index (κ2) is 17.4. The maximum atomic E-state index is 13.0. The number of carbonyl (C=O) groups is 3. The van der Waals surface area contributed by atoms with Crippen molar-refractivity contribution < 1.29 is 91.7 Å². The van der Waals surface area contributed by atoms with Gasteiger partial charge in [0.1, 0.15) is 72.2 Å². The molecule has 3 rings (SSSR count). The van der Waals surface area contributed by atoms with Gasteiger partial charge in [0, 0.05) is 12.6 Å². The van der Waals surface area contributed by atoms with E-state index in [1.54, 1.807) is 41.5 Å². The van der Waals surface area contributed by atoms with Crippen LogP contribution in [-0.2, 0) is 33.2 Å². The molecule has 9 unspecified atom stereocenters. The van der Waals surface area contributed by atoms with E-state index < -0.39 is 140 Å². The molecule has 308 valence electrons. The van der Waals surface area contributed by atoms with Crippen molar-refractivity contribution >= 4 is 18.1 Å². The van der Waals surface area contributed by atoms with E-state index >= 15 is 0 Å². The van der Waals surface area contributed by atoms with E-state index in [2.05, 4.69) is 10.6 Å². The Morgan fingerprint density at radius 1 is 0.717 bits per heavy atom. The number of aliphatic hydroxyl groups is 7. The minimum atomic E-state index is -5.42. The summed E-state index contributed by atoms with van der Waals surface area (Å²) in [6.07, 6.45) is -30.2. The van der Waals surface area contributed by atoms with Crippen molar-refractivity contribution in [3.8, 4) is 0 Å². The van der Waals surface area contributed by atoms with Gasteiger partial charge in [-0.3, -0.25) is 4.79 Å². The number of alkyl halides is 3. The smallest absolute Gasteiger partial charge is 0.444 e. The number of nitrogens with two attached hydrogens (primary N) is 1. The molecule has 2 saturated heterocycles. The molecule has 53 heavy (non-hydrogen) atoms. The summed E-state index contributed by atoms with van der Waals surface area (Å²) >= 11 is 0. The number of aliphatic hydroxyl groups excluding tert-OH is 7. The Morgan fingerprint density at radius 3 is 1.79 bits per heavy atom. The number of carbonyl (C=O) groups excluding carboxylic acids is 3. The van der Waals surface area contributed by atoms with E-state index in [-0.39, 0.29) is 6.42 Å². The number of halogens is 3. The van der Waals surface area contributed by atoms with Crippen molar-refractivity contribution in [1.82, 2.24) is 16.0 Å². The summed E-state index contributed by atoms with van der Waals surface area (Å²) in [4.78, 5) is 36.7. The summed E-state index contributed by atoms with van der Waals surface area (Å²) < 4.78 is 72.1. The van der Waals surface area contributed by atoms with E-state index in [0.29, 0.717) is 0 Å². The van der Waals surface area contributed by atoms with Crippen molar-refractivity contribution in [2.75, 3.05) is 13.2 Å². The standard InChI is InChI=1S/C30H51F3N4O16/c1-28(2,3)52-26(46)35-8-12-16(40)18(42)19(43)24(48-12)51-22-11(36-27(47)53-29(4,5)6)7-10(34)21(20(22)44)50-23-17(41)14(15(39)13(9-38)49-23)37-25(45)30(31,32)33/h10-24,38-44H,7-9,34H2,1-6H3,(H,35,46)(H,36,47)(H,37,45)/t10-,11?,12?,13?,14?,15-,16-,17?,18?,19?,20?,21?,22-,23-,24-/m1/s1. The van der Waals surface area contributed by atoms with Gasteiger partial charge in [0.2, 0.25) is 0 Å². The van der Waals surface area contributed by atoms with Crippen LogP contribution in [-0.4, -0.2) is 176 Å². The minimum absolute atomic E-state index is 0.327. The highest BCUT2D eigenvalue weighted by atomic mass is 19.4. The fourth-order valence-electron chi connectivity index (χ4n) is 5.81. The molecular weight excluding hydrogens is 729 g/mol. The van der Waals surface area contributed by atoms with Gasteiger partial charge in [0.05, 0.1) is 18.7 Å². The van der Waals surface area contributed by atoms with Crippen LogP contribution in [0.1, 0.15) is 48.0 Å². The van der Waals surface area contributed by atoms with Crippen LogP contribution in [0.2, 0.25) is 0 Å². The van der Waals surface area contributed by atoms with Crippen LogP contribution in [0.4, 0.5) is 22.8 Å². The first kappa shape index (κ1) is 44.7. The van der Waals surface area contributed by atoms with Crippen LogP contribution < -0.4 is 21.7 Å². The van der Waals surface area contributed by atoms with Crippen LogP contribution in [0.3, 0.4) is 0 Å². The van der Waals surface area contributed by atoms with Gasteiger partial charge in [-0.15, -0.1) is 0 Å². The van der Waals surface area contributed by atoms with Crippen LogP contribution in [0.25, 0.3) is 0 Å². The Labute approximate surface area is 302 Å². The molecule has 3 fully saturated rings. The monoisotopic (exact) mass is 780 g/mol. The molecular formula is C30H51F3N4O16. The van der Waals surface area contributed by atoms with E-state index in [9.17, 15) is 63.3 Å². The van der Waals surface area contributed by atoms with Crippen molar-refractivity contribution in [1.29, 1.82) is 0 Å². The second-order valence-corrected chi connectivity index (χ2v) is 14.9. The first-order valence-electron chi connectivity index (χ1n) is 16.6. The van der Waals surface area contributed by atoms with Gasteiger partial charge in [-0.1, -0.05) is 0 Å². The SMILES string of the molecule is CC(C)(C)OC(=O)NCC1O[C@H](O[C@@H]2C(NC(=O)OC(C)(C)C)C[C@@H](N)C(O[C@H]3OC(CO)[C@@H](O)C(NC(=O)C(F)(F)F)C3O)C2O)C(O)C(O)[C@@H]1O. The molecule has 0 radical (unpaired) electrons. The minimum Gasteiger partial charge on any atom is -0.444 e. The lowest BCUT2D eigenvalue weighted by Gasteiger charge is -2.49. The highest BCUT2D eigenvalue weighted by Crippen LogP contribution is 2.33. The lowest BCUT2D eigenvalue weighted by atomic mass is 9.83. The predicted octanol–water partition coefficient (Wildman–Crippen LogP) is -3.44. The maximum absolute atomic E-state index is 13.0. The molecule has 0 spiro atoms. The molecule has 20 nitrogen and oxygen atoms in total. The number of hydrogen-bond acceptors (Lipinski definition) is 17. The summed E-state index contributed by atoms with van der Waals surface area (Å²) in [5, 5.41) is 80.9. The molecule has 23 heteroatoms. The molecule has 12 N–H and O–H groups in total.